The Balaban J connectivity index is 2.26. The molecule has 0 aliphatic rings. The van der Waals surface area contributed by atoms with Crippen molar-refractivity contribution in [2.75, 3.05) is 0 Å². The van der Waals surface area contributed by atoms with Crippen LogP contribution in [-0.4, -0.2) is 0 Å². The van der Waals surface area contributed by atoms with Crippen LogP contribution in [0.3, 0.4) is 0 Å². The molecule has 0 saturated heterocycles. The highest BCUT2D eigenvalue weighted by Crippen LogP contribution is 2.26. The highest BCUT2D eigenvalue weighted by molar-refractivity contribution is 5.61. The van der Waals surface area contributed by atoms with Crippen molar-refractivity contribution < 1.29 is 4.42 Å². The normalized spacial score (nSPS) is 10.6. The first kappa shape index (κ1) is 11.0. The SMILES string of the molecule is CCCCc1ccoc1-c1ccc(C)cc1. The summed E-state index contributed by atoms with van der Waals surface area (Å²) in [4.78, 5) is 0. The van der Waals surface area contributed by atoms with E-state index >= 15 is 0 Å². The Morgan fingerprint density at radius 3 is 2.50 bits per heavy atom. The van der Waals surface area contributed by atoms with Gasteiger partial charge in [-0.25, -0.2) is 0 Å². The summed E-state index contributed by atoms with van der Waals surface area (Å²) in [5, 5.41) is 0. The number of rotatable bonds is 4. The summed E-state index contributed by atoms with van der Waals surface area (Å²) in [6.45, 7) is 4.32. The average molecular weight is 214 g/mol. The fourth-order valence-electron chi connectivity index (χ4n) is 1.86. The van der Waals surface area contributed by atoms with Crippen molar-refractivity contribution in [1.82, 2.24) is 0 Å². The van der Waals surface area contributed by atoms with Gasteiger partial charge in [0.25, 0.3) is 0 Å². The molecule has 0 bridgehead atoms. The predicted molar refractivity (Wildman–Crippen MR) is 67.5 cm³/mol. The molecule has 0 amide bonds. The van der Waals surface area contributed by atoms with Crippen LogP contribution in [0.25, 0.3) is 11.3 Å². The smallest absolute Gasteiger partial charge is 0.137 e. The van der Waals surface area contributed by atoms with Crippen molar-refractivity contribution in [3.63, 3.8) is 0 Å². The molecule has 2 aromatic rings. The van der Waals surface area contributed by atoms with Crippen molar-refractivity contribution in [2.45, 2.75) is 33.1 Å². The van der Waals surface area contributed by atoms with Crippen LogP contribution in [0.2, 0.25) is 0 Å². The second kappa shape index (κ2) is 5.02. The molecular formula is C15H18O. The predicted octanol–water partition coefficient (Wildman–Crippen LogP) is 4.60. The summed E-state index contributed by atoms with van der Waals surface area (Å²) in [5.74, 6) is 1.04. The number of benzene rings is 1. The first-order valence-corrected chi connectivity index (χ1v) is 5.94. The largest absolute Gasteiger partial charge is 0.464 e. The van der Waals surface area contributed by atoms with Crippen molar-refractivity contribution in [3.05, 3.63) is 47.7 Å². The van der Waals surface area contributed by atoms with E-state index in [4.69, 9.17) is 4.42 Å². The summed E-state index contributed by atoms with van der Waals surface area (Å²) in [6.07, 6.45) is 5.34. The summed E-state index contributed by atoms with van der Waals surface area (Å²) in [7, 11) is 0. The molecule has 1 heterocycles. The average Bonchev–Trinajstić information content (AvgIpc) is 2.75. The fourth-order valence-corrected chi connectivity index (χ4v) is 1.86. The van der Waals surface area contributed by atoms with Gasteiger partial charge in [0.1, 0.15) is 5.76 Å². The van der Waals surface area contributed by atoms with Gasteiger partial charge in [0.15, 0.2) is 0 Å². The van der Waals surface area contributed by atoms with Crippen molar-refractivity contribution in [3.8, 4) is 11.3 Å². The second-order valence-corrected chi connectivity index (χ2v) is 4.24. The minimum Gasteiger partial charge on any atom is -0.464 e. The third kappa shape index (κ3) is 2.35. The van der Waals surface area contributed by atoms with E-state index in [1.54, 1.807) is 6.26 Å². The van der Waals surface area contributed by atoms with Crippen molar-refractivity contribution in [1.29, 1.82) is 0 Å². The Hall–Kier alpha value is -1.50. The Kier molecular flexibility index (Phi) is 3.45. The monoisotopic (exact) mass is 214 g/mol. The number of hydrogen-bond donors (Lipinski definition) is 0. The zero-order valence-corrected chi connectivity index (χ0v) is 9.99. The molecule has 1 aromatic carbocycles. The van der Waals surface area contributed by atoms with E-state index in [9.17, 15) is 0 Å². The van der Waals surface area contributed by atoms with Crippen LogP contribution in [0.15, 0.2) is 41.0 Å². The molecule has 2 rings (SSSR count). The van der Waals surface area contributed by atoms with Gasteiger partial charge in [0.05, 0.1) is 6.26 Å². The van der Waals surface area contributed by atoms with Gasteiger partial charge in [-0.2, -0.15) is 0 Å². The Bertz CT molecular complexity index is 437. The van der Waals surface area contributed by atoms with Crippen LogP contribution >= 0.6 is 0 Å². The Morgan fingerprint density at radius 1 is 1.06 bits per heavy atom. The lowest BCUT2D eigenvalue weighted by molar-refractivity contribution is 0.578. The maximum atomic E-state index is 5.59. The second-order valence-electron chi connectivity index (χ2n) is 4.24. The van der Waals surface area contributed by atoms with Gasteiger partial charge in [-0.05, 0) is 31.4 Å². The van der Waals surface area contributed by atoms with Crippen LogP contribution in [0.1, 0.15) is 30.9 Å². The highest BCUT2D eigenvalue weighted by Gasteiger charge is 2.07. The van der Waals surface area contributed by atoms with E-state index in [1.165, 1.54) is 29.5 Å². The summed E-state index contributed by atoms with van der Waals surface area (Å²) in [5.41, 5.74) is 3.79. The van der Waals surface area contributed by atoms with Gasteiger partial charge >= 0.3 is 0 Å². The van der Waals surface area contributed by atoms with E-state index in [0.717, 1.165) is 12.2 Å². The molecule has 0 aliphatic carbocycles. The Labute approximate surface area is 97.1 Å². The van der Waals surface area contributed by atoms with Crippen LogP contribution in [0, 0.1) is 6.92 Å². The molecule has 0 fully saturated rings. The third-order valence-corrected chi connectivity index (χ3v) is 2.86. The fraction of sp³-hybridized carbons (Fsp3) is 0.333. The lowest BCUT2D eigenvalue weighted by Gasteiger charge is -2.02. The van der Waals surface area contributed by atoms with Crippen LogP contribution < -0.4 is 0 Å². The van der Waals surface area contributed by atoms with Crippen molar-refractivity contribution >= 4 is 0 Å². The van der Waals surface area contributed by atoms with Crippen LogP contribution in [-0.2, 0) is 6.42 Å². The molecule has 0 aliphatic heterocycles. The quantitative estimate of drug-likeness (QED) is 0.725. The molecule has 1 aromatic heterocycles. The Morgan fingerprint density at radius 2 is 1.81 bits per heavy atom. The lowest BCUT2D eigenvalue weighted by atomic mass is 10.0. The topological polar surface area (TPSA) is 13.1 Å². The molecule has 16 heavy (non-hydrogen) atoms. The van der Waals surface area contributed by atoms with E-state index in [0.29, 0.717) is 0 Å². The minimum atomic E-state index is 1.04. The molecule has 0 N–H and O–H groups in total. The molecule has 0 saturated carbocycles. The van der Waals surface area contributed by atoms with Crippen molar-refractivity contribution in [2.24, 2.45) is 0 Å². The molecule has 0 spiro atoms. The van der Waals surface area contributed by atoms with Gasteiger partial charge in [-0.3, -0.25) is 0 Å². The first-order valence-electron chi connectivity index (χ1n) is 5.94. The molecule has 0 unspecified atom stereocenters. The van der Waals surface area contributed by atoms with Gasteiger partial charge in [-0.15, -0.1) is 0 Å². The van der Waals surface area contributed by atoms with E-state index < -0.39 is 0 Å². The van der Waals surface area contributed by atoms with E-state index in [-0.39, 0.29) is 0 Å². The molecule has 1 heteroatoms. The summed E-state index contributed by atoms with van der Waals surface area (Å²) >= 11 is 0. The molecular weight excluding hydrogens is 196 g/mol. The lowest BCUT2D eigenvalue weighted by Crippen LogP contribution is -1.85. The summed E-state index contributed by atoms with van der Waals surface area (Å²) in [6, 6.07) is 10.6. The number of unbranched alkanes of at least 4 members (excludes halogenated alkanes) is 1. The van der Waals surface area contributed by atoms with Gasteiger partial charge in [0, 0.05) is 5.56 Å². The zero-order valence-electron chi connectivity index (χ0n) is 9.99. The third-order valence-electron chi connectivity index (χ3n) is 2.86. The van der Waals surface area contributed by atoms with Crippen LogP contribution in [0.5, 0.6) is 0 Å². The molecule has 0 radical (unpaired) electrons. The van der Waals surface area contributed by atoms with E-state index in [1.807, 2.05) is 0 Å². The standard InChI is InChI=1S/C15H18O/c1-3-4-5-13-10-11-16-15(13)14-8-6-12(2)7-9-14/h6-11H,3-5H2,1-2H3. The van der Waals surface area contributed by atoms with E-state index in [2.05, 4.69) is 44.2 Å². The molecule has 84 valence electrons. The minimum absolute atomic E-state index is 1.04. The van der Waals surface area contributed by atoms with Crippen LogP contribution in [0.4, 0.5) is 0 Å². The van der Waals surface area contributed by atoms with Gasteiger partial charge < -0.3 is 4.42 Å². The maximum absolute atomic E-state index is 5.59. The number of hydrogen-bond acceptors (Lipinski definition) is 1. The van der Waals surface area contributed by atoms with Gasteiger partial charge in [0.2, 0.25) is 0 Å². The number of furan rings is 1. The molecule has 0 atom stereocenters. The highest BCUT2D eigenvalue weighted by atomic mass is 16.3. The molecule has 1 nitrogen and oxygen atoms in total. The maximum Gasteiger partial charge on any atom is 0.137 e. The summed E-state index contributed by atoms with van der Waals surface area (Å²) < 4.78 is 5.59. The zero-order chi connectivity index (χ0) is 11.4. The first-order chi connectivity index (χ1) is 7.81. The number of aryl methyl sites for hydroxylation is 2. The van der Waals surface area contributed by atoms with Gasteiger partial charge in [-0.1, -0.05) is 43.2 Å².